The highest BCUT2D eigenvalue weighted by Crippen LogP contribution is 2.09. The Morgan fingerprint density at radius 3 is 2.23 bits per heavy atom. The minimum absolute atomic E-state index is 0.0706. The van der Waals surface area contributed by atoms with E-state index in [1.54, 1.807) is 35.1 Å². The van der Waals surface area contributed by atoms with Gasteiger partial charge in [0.2, 0.25) is 0 Å². The zero-order valence-electron chi connectivity index (χ0n) is 13.3. The van der Waals surface area contributed by atoms with Crippen LogP contribution in [0.3, 0.4) is 0 Å². The number of hydrogen-bond donors (Lipinski definition) is 4. The van der Waals surface area contributed by atoms with Gasteiger partial charge in [0, 0.05) is 6.42 Å². The third-order valence-corrected chi connectivity index (χ3v) is 4.64. The van der Waals surface area contributed by atoms with Crippen molar-refractivity contribution < 1.29 is 27.5 Å². The van der Waals surface area contributed by atoms with E-state index < -0.39 is 33.9 Å². The van der Waals surface area contributed by atoms with Crippen LogP contribution in [0.25, 0.3) is 0 Å². The summed E-state index contributed by atoms with van der Waals surface area (Å²) in [7, 11) is -4.22. The van der Waals surface area contributed by atoms with E-state index in [0.717, 1.165) is 24.3 Å². The van der Waals surface area contributed by atoms with Gasteiger partial charge in [-0.05, 0) is 29.8 Å². The molecule has 0 unspecified atom stereocenters. The number of benzene rings is 2. The molecule has 0 aromatic heterocycles. The lowest BCUT2D eigenvalue weighted by molar-refractivity contribution is -0.139. The monoisotopic (exact) mass is 381 g/mol. The molecule has 4 N–H and O–H groups in total. The van der Waals surface area contributed by atoms with E-state index in [0.29, 0.717) is 5.56 Å². The van der Waals surface area contributed by atoms with Crippen molar-refractivity contribution in [1.82, 2.24) is 15.6 Å². The normalized spacial score (nSPS) is 12.2. The molecule has 8 nitrogen and oxygen atoms in total. The highest BCUT2D eigenvalue weighted by atomic mass is 32.2. The second-order valence-corrected chi connectivity index (χ2v) is 6.92. The zero-order valence-corrected chi connectivity index (χ0v) is 14.2. The van der Waals surface area contributed by atoms with Crippen molar-refractivity contribution in [1.29, 1.82) is 0 Å². The van der Waals surface area contributed by atoms with Gasteiger partial charge in [-0.15, -0.1) is 0 Å². The Kier molecular flexibility index (Phi) is 6.26. The number of hydrazine groups is 1. The predicted octanol–water partition coefficient (Wildman–Crippen LogP) is 1.01. The minimum atomic E-state index is -4.22. The van der Waals surface area contributed by atoms with Crippen LogP contribution in [0.1, 0.15) is 5.56 Å². The lowest BCUT2D eigenvalue weighted by Crippen LogP contribution is -2.53. The Bertz CT molecular complexity index is 873. The van der Waals surface area contributed by atoms with E-state index in [-0.39, 0.29) is 11.3 Å². The number of nitrogens with one attached hydrogen (secondary N) is 3. The first kappa shape index (κ1) is 19.3. The van der Waals surface area contributed by atoms with E-state index in [1.165, 1.54) is 0 Å². The van der Waals surface area contributed by atoms with E-state index in [1.807, 2.05) is 5.43 Å². The molecule has 0 fully saturated rings. The summed E-state index contributed by atoms with van der Waals surface area (Å²) in [5.74, 6) is -1.85. The third kappa shape index (κ3) is 5.53. The number of urea groups is 1. The third-order valence-electron chi connectivity index (χ3n) is 3.29. The van der Waals surface area contributed by atoms with Crippen LogP contribution in [-0.4, -0.2) is 31.6 Å². The smallest absolute Gasteiger partial charge is 0.343 e. The number of carboxylic acids is 1. The topological polar surface area (TPSA) is 125 Å². The maximum atomic E-state index is 12.8. The number of hydrogen-bond acceptors (Lipinski definition) is 5. The molecule has 1 atom stereocenters. The number of halogens is 1. The summed E-state index contributed by atoms with van der Waals surface area (Å²) in [4.78, 5) is 22.7. The molecule has 10 heteroatoms. The number of aliphatic carboxylic acids is 1. The van der Waals surface area contributed by atoms with Crippen molar-refractivity contribution in [3.05, 3.63) is 66.0 Å². The molecule has 2 aromatic rings. The average Bonchev–Trinajstić information content (AvgIpc) is 2.59. The Morgan fingerprint density at radius 2 is 1.65 bits per heavy atom. The standard InChI is InChI=1S/C16H16FN3O5S/c17-12-6-8-13(9-7-12)26(24,25)20-16(23)19-18-14(15(21)22)10-11-4-2-1-3-5-11/h1-9,14,18H,10H2,(H,21,22)(H2,19,20,23)/t14-/m0/s1. The Morgan fingerprint density at radius 1 is 1.04 bits per heavy atom. The maximum Gasteiger partial charge on any atom is 0.343 e. The number of amides is 2. The summed E-state index contributed by atoms with van der Waals surface area (Å²) in [5.41, 5.74) is 4.97. The van der Waals surface area contributed by atoms with Gasteiger partial charge >= 0.3 is 12.0 Å². The molecule has 2 aromatic carbocycles. The van der Waals surface area contributed by atoms with Gasteiger partial charge in [0.1, 0.15) is 11.9 Å². The van der Waals surface area contributed by atoms with E-state index in [4.69, 9.17) is 0 Å². The molecule has 26 heavy (non-hydrogen) atoms. The van der Waals surface area contributed by atoms with Crippen molar-refractivity contribution in [2.45, 2.75) is 17.4 Å². The molecule has 0 saturated heterocycles. The number of rotatable bonds is 7. The summed E-state index contributed by atoms with van der Waals surface area (Å²) in [6, 6.07) is 10.2. The molecule has 2 amide bonds. The van der Waals surface area contributed by atoms with Crippen molar-refractivity contribution in [2.24, 2.45) is 0 Å². The number of carbonyl (C=O) groups excluding carboxylic acids is 1. The first-order valence-electron chi connectivity index (χ1n) is 7.38. The Labute approximate surface area is 149 Å². The lowest BCUT2D eigenvalue weighted by Gasteiger charge is -2.16. The molecule has 0 spiro atoms. The fourth-order valence-electron chi connectivity index (χ4n) is 2.02. The van der Waals surface area contributed by atoms with Gasteiger partial charge in [-0.2, -0.15) is 0 Å². The van der Waals surface area contributed by atoms with Gasteiger partial charge in [0.05, 0.1) is 4.90 Å². The zero-order chi connectivity index (χ0) is 19.2. The van der Waals surface area contributed by atoms with E-state index in [9.17, 15) is 27.5 Å². The highest BCUT2D eigenvalue weighted by molar-refractivity contribution is 7.90. The van der Waals surface area contributed by atoms with Crippen molar-refractivity contribution in [3.63, 3.8) is 0 Å². The largest absolute Gasteiger partial charge is 0.480 e. The molecule has 0 heterocycles. The van der Waals surface area contributed by atoms with Crippen LogP contribution in [0.2, 0.25) is 0 Å². The molecule has 0 saturated carbocycles. The van der Waals surface area contributed by atoms with Gasteiger partial charge in [0.25, 0.3) is 10.0 Å². The molecule has 0 aliphatic heterocycles. The fraction of sp³-hybridized carbons (Fsp3) is 0.125. The summed E-state index contributed by atoms with van der Waals surface area (Å²) in [6.45, 7) is 0. The average molecular weight is 381 g/mol. The summed E-state index contributed by atoms with van der Waals surface area (Å²) in [5, 5.41) is 9.20. The van der Waals surface area contributed by atoms with Crippen molar-refractivity contribution in [3.8, 4) is 0 Å². The van der Waals surface area contributed by atoms with Crippen molar-refractivity contribution >= 4 is 22.0 Å². The van der Waals surface area contributed by atoms with Crippen LogP contribution in [-0.2, 0) is 21.2 Å². The molecule has 0 aliphatic rings. The maximum absolute atomic E-state index is 12.8. The van der Waals surface area contributed by atoms with Gasteiger partial charge in [-0.25, -0.2) is 27.8 Å². The molecule has 0 radical (unpaired) electrons. The first-order chi connectivity index (χ1) is 12.3. The molecular weight excluding hydrogens is 365 g/mol. The summed E-state index contributed by atoms with van der Waals surface area (Å²) >= 11 is 0. The SMILES string of the molecule is O=C(NN[C@@H](Cc1ccccc1)C(=O)O)NS(=O)(=O)c1ccc(F)cc1. The molecule has 0 aliphatic carbocycles. The van der Waals surface area contributed by atoms with E-state index in [2.05, 4.69) is 5.43 Å². The van der Waals surface area contributed by atoms with Crippen molar-refractivity contribution in [2.75, 3.05) is 0 Å². The summed E-state index contributed by atoms with van der Waals surface area (Å²) < 4.78 is 38.5. The fourth-order valence-corrected chi connectivity index (χ4v) is 2.93. The van der Waals surface area contributed by atoms with Crippen LogP contribution >= 0.6 is 0 Å². The highest BCUT2D eigenvalue weighted by Gasteiger charge is 2.21. The van der Waals surface area contributed by atoms with Crippen LogP contribution in [0.5, 0.6) is 0 Å². The second-order valence-electron chi connectivity index (χ2n) is 5.24. The van der Waals surface area contributed by atoms with Crippen LogP contribution < -0.4 is 15.6 Å². The first-order valence-corrected chi connectivity index (χ1v) is 8.87. The van der Waals surface area contributed by atoms with Crippen LogP contribution in [0.4, 0.5) is 9.18 Å². The number of sulfonamides is 1. The van der Waals surface area contributed by atoms with Gasteiger partial charge in [-0.1, -0.05) is 30.3 Å². The molecule has 2 rings (SSSR count). The molecule has 0 bridgehead atoms. The van der Waals surface area contributed by atoms with E-state index >= 15 is 0 Å². The second kappa shape index (κ2) is 8.41. The van der Waals surface area contributed by atoms with Crippen LogP contribution in [0.15, 0.2) is 59.5 Å². The lowest BCUT2D eigenvalue weighted by atomic mass is 10.1. The van der Waals surface area contributed by atoms with Gasteiger partial charge in [-0.3, -0.25) is 10.2 Å². The number of carbonyl (C=O) groups is 2. The number of carboxylic acid groups (broad SMARTS) is 1. The quantitative estimate of drug-likeness (QED) is 0.531. The van der Waals surface area contributed by atoms with Crippen LogP contribution in [0, 0.1) is 5.82 Å². The summed E-state index contributed by atoms with van der Waals surface area (Å²) in [6.07, 6.45) is 0.0706. The molecular formula is C16H16FN3O5S. The van der Waals surface area contributed by atoms with Gasteiger partial charge in [0.15, 0.2) is 0 Å². The minimum Gasteiger partial charge on any atom is -0.480 e. The van der Waals surface area contributed by atoms with Gasteiger partial charge < -0.3 is 5.11 Å². The predicted molar refractivity (Wildman–Crippen MR) is 90.0 cm³/mol. The Hall–Kier alpha value is -2.98. The Balaban J connectivity index is 1.95. The molecule has 138 valence electrons.